The molecule has 14 heavy (non-hydrogen) atoms. The summed E-state index contributed by atoms with van der Waals surface area (Å²) in [7, 11) is 0. The Labute approximate surface area is 87.8 Å². The zero-order chi connectivity index (χ0) is 9.80. The van der Waals surface area contributed by atoms with Crippen molar-refractivity contribution in [3.63, 3.8) is 0 Å². The van der Waals surface area contributed by atoms with Crippen molar-refractivity contribution in [3.8, 4) is 0 Å². The van der Waals surface area contributed by atoms with Gasteiger partial charge in [0.25, 0.3) is 0 Å². The van der Waals surface area contributed by atoms with E-state index in [4.69, 9.17) is 0 Å². The molecular formula is C12H24N2. The maximum atomic E-state index is 3.83. The number of nitrogens with one attached hydrogen (secondary N) is 2. The second kappa shape index (κ2) is 5.13. The Bertz CT molecular complexity index is 170. The van der Waals surface area contributed by atoms with E-state index < -0.39 is 0 Å². The second-order valence-corrected chi connectivity index (χ2v) is 4.90. The van der Waals surface area contributed by atoms with Crippen LogP contribution in [0, 0.1) is 5.92 Å². The van der Waals surface area contributed by atoms with Crippen molar-refractivity contribution in [1.82, 2.24) is 10.6 Å². The Kier molecular flexibility index (Phi) is 3.82. The molecule has 2 rings (SSSR count). The summed E-state index contributed by atoms with van der Waals surface area (Å²) in [5, 5.41) is 7.28. The predicted octanol–water partition coefficient (Wildman–Crippen LogP) is 1.91. The van der Waals surface area contributed by atoms with E-state index in [0.29, 0.717) is 0 Å². The average Bonchev–Trinajstić information content (AvgIpc) is 2.26. The molecule has 2 N–H and O–H groups in total. The lowest BCUT2D eigenvalue weighted by Gasteiger charge is -2.40. The molecule has 3 unspecified atom stereocenters. The van der Waals surface area contributed by atoms with Gasteiger partial charge >= 0.3 is 0 Å². The van der Waals surface area contributed by atoms with Crippen molar-refractivity contribution in [1.29, 1.82) is 0 Å². The molecule has 0 radical (unpaired) electrons. The van der Waals surface area contributed by atoms with Gasteiger partial charge in [0.15, 0.2) is 0 Å². The van der Waals surface area contributed by atoms with Gasteiger partial charge in [-0.05, 0) is 38.1 Å². The van der Waals surface area contributed by atoms with Crippen LogP contribution in [-0.4, -0.2) is 25.2 Å². The highest BCUT2D eigenvalue weighted by molar-refractivity contribution is 4.89. The molecule has 0 aromatic heterocycles. The van der Waals surface area contributed by atoms with Crippen molar-refractivity contribution in [3.05, 3.63) is 0 Å². The molecule has 2 aliphatic rings. The fourth-order valence-corrected chi connectivity index (χ4v) is 3.05. The van der Waals surface area contributed by atoms with E-state index in [1.54, 1.807) is 0 Å². The minimum Gasteiger partial charge on any atom is -0.315 e. The molecule has 2 nitrogen and oxygen atoms in total. The van der Waals surface area contributed by atoms with Crippen molar-refractivity contribution < 1.29 is 0 Å². The SMILES string of the molecule is CCNCC1CCC2CCCCC2N1. The number of piperidine rings is 1. The number of hydrogen-bond acceptors (Lipinski definition) is 2. The maximum Gasteiger partial charge on any atom is 0.0195 e. The molecule has 0 aromatic carbocycles. The third-order valence-electron chi connectivity index (χ3n) is 3.89. The van der Waals surface area contributed by atoms with Gasteiger partial charge < -0.3 is 10.6 Å². The molecular weight excluding hydrogens is 172 g/mol. The van der Waals surface area contributed by atoms with Gasteiger partial charge in [-0.2, -0.15) is 0 Å². The van der Waals surface area contributed by atoms with Gasteiger partial charge in [-0.3, -0.25) is 0 Å². The van der Waals surface area contributed by atoms with Crippen LogP contribution < -0.4 is 10.6 Å². The smallest absolute Gasteiger partial charge is 0.0195 e. The molecule has 0 aromatic rings. The van der Waals surface area contributed by atoms with E-state index in [2.05, 4.69) is 17.6 Å². The summed E-state index contributed by atoms with van der Waals surface area (Å²) >= 11 is 0. The normalized spacial score (nSPS) is 37.9. The first kappa shape index (κ1) is 10.4. The summed E-state index contributed by atoms with van der Waals surface area (Å²) in [6, 6.07) is 1.59. The minimum absolute atomic E-state index is 0.745. The Morgan fingerprint density at radius 3 is 2.86 bits per heavy atom. The van der Waals surface area contributed by atoms with Gasteiger partial charge in [-0.15, -0.1) is 0 Å². The van der Waals surface area contributed by atoms with Crippen LogP contribution in [0.5, 0.6) is 0 Å². The highest BCUT2D eigenvalue weighted by atomic mass is 15.0. The quantitative estimate of drug-likeness (QED) is 0.720. The molecule has 0 spiro atoms. The van der Waals surface area contributed by atoms with Crippen LogP contribution >= 0.6 is 0 Å². The van der Waals surface area contributed by atoms with Crippen LogP contribution in [0.1, 0.15) is 45.4 Å². The maximum absolute atomic E-state index is 3.83. The summed E-state index contributed by atoms with van der Waals surface area (Å²) in [5.41, 5.74) is 0. The molecule has 1 aliphatic heterocycles. The van der Waals surface area contributed by atoms with Crippen LogP contribution in [-0.2, 0) is 0 Å². The molecule has 0 amide bonds. The minimum atomic E-state index is 0.745. The lowest BCUT2D eigenvalue weighted by atomic mass is 9.78. The Balaban J connectivity index is 1.77. The molecule has 2 heteroatoms. The fourth-order valence-electron chi connectivity index (χ4n) is 3.05. The molecule has 0 bridgehead atoms. The zero-order valence-corrected chi connectivity index (χ0v) is 9.39. The first-order valence-corrected chi connectivity index (χ1v) is 6.37. The summed E-state index contributed by atoms with van der Waals surface area (Å²) in [5.74, 6) is 1.00. The fraction of sp³-hybridized carbons (Fsp3) is 1.00. The van der Waals surface area contributed by atoms with Crippen molar-refractivity contribution in [2.45, 2.75) is 57.5 Å². The molecule has 3 atom stereocenters. The van der Waals surface area contributed by atoms with Crippen LogP contribution in [0.4, 0.5) is 0 Å². The highest BCUT2D eigenvalue weighted by Gasteiger charge is 2.30. The monoisotopic (exact) mass is 196 g/mol. The topological polar surface area (TPSA) is 24.1 Å². The lowest BCUT2D eigenvalue weighted by molar-refractivity contribution is 0.175. The second-order valence-electron chi connectivity index (χ2n) is 4.90. The molecule has 1 saturated carbocycles. The predicted molar refractivity (Wildman–Crippen MR) is 60.4 cm³/mol. The molecule has 1 saturated heterocycles. The van der Waals surface area contributed by atoms with Crippen LogP contribution in [0.15, 0.2) is 0 Å². The Morgan fingerprint density at radius 1 is 1.14 bits per heavy atom. The van der Waals surface area contributed by atoms with E-state index >= 15 is 0 Å². The van der Waals surface area contributed by atoms with E-state index in [1.165, 1.54) is 45.1 Å². The van der Waals surface area contributed by atoms with Gasteiger partial charge in [0.1, 0.15) is 0 Å². The summed E-state index contributed by atoms with van der Waals surface area (Å²) in [4.78, 5) is 0. The van der Waals surface area contributed by atoms with Gasteiger partial charge in [-0.1, -0.05) is 19.8 Å². The molecule has 1 aliphatic carbocycles. The lowest BCUT2D eigenvalue weighted by Crippen LogP contribution is -2.52. The summed E-state index contributed by atoms with van der Waals surface area (Å²) in [6.45, 7) is 4.46. The van der Waals surface area contributed by atoms with Gasteiger partial charge in [0.2, 0.25) is 0 Å². The van der Waals surface area contributed by atoms with Gasteiger partial charge in [0, 0.05) is 18.6 Å². The largest absolute Gasteiger partial charge is 0.315 e. The first-order valence-electron chi connectivity index (χ1n) is 6.37. The summed E-state index contributed by atoms with van der Waals surface area (Å²) < 4.78 is 0. The third-order valence-corrected chi connectivity index (χ3v) is 3.89. The standard InChI is InChI=1S/C12H24N2/c1-2-13-9-11-8-7-10-5-3-4-6-12(10)14-11/h10-14H,2-9H2,1H3. The van der Waals surface area contributed by atoms with Crippen LogP contribution in [0.3, 0.4) is 0 Å². The van der Waals surface area contributed by atoms with Crippen molar-refractivity contribution in [2.75, 3.05) is 13.1 Å². The van der Waals surface area contributed by atoms with Gasteiger partial charge in [-0.25, -0.2) is 0 Å². The number of rotatable bonds is 3. The van der Waals surface area contributed by atoms with Crippen LogP contribution in [0.25, 0.3) is 0 Å². The zero-order valence-electron chi connectivity index (χ0n) is 9.39. The molecule has 82 valence electrons. The van der Waals surface area contributed by atoms with E-state index in [0.717, 1.165) is 24.5 Å². The third kappa shape index (κ3) is 2.48. The van der Waals surface area contributed by atoms with E-state index in [9.17, 15) is 0 Å². The highest BCUT2D eigenvalue weighted by Crippen LogP contribution is 2.31. The number of fused-ring (bicyclic) bond motifs is 1. The molecule has 1 heterocycles. The van der Waals surface area contributed by atoms with Gasteiger partial charge in [0.05, 0.1) is 0 Å². The van der Waals surface area contributed by atoms with E-state index in [-0.39, 0.29) is 0 Å². The number of hydrogen-bond donors (Lipinski definition) is 2. The van der Waals surface area contributed by atoms with Crippen molar-refractivity contribution in [2.24, 2.45) is 5.92 Å². The number of likely N-dealkylation sites (N-methyl/N-ethyl adjacent to an activating group) is 1. The summed E-state index contributed by atoms with van der Waals surface area (Å²) in [6.07, 6.45) is 8.67. The van der Waals surface area contributed by atoms with E-state index in [1.807, 2.05) is 0 Å². The Hall–Kier alpha value is -0.0800. The average molecular weight is 196 g/mol. The Morgan fingerprint density at radius 2 is 2.00 bits per heavy atom. The van der Waals surface area contributed by atoms with Crippen molar-refractivity contribution >= 4 is 0 Å². The first-order chi connectivity index (χ1) is 6.90. The van der Waals surface area contributed by atoms with Crippen LogP contribution in [0.2, 0.25) is 0 Å². The molecule has 2 fully saturated rings.